The summed E-state index contributed by atoms with van der Waals surface area (Å²) in [6.07, 6.45) is 7.21. The van der Waals surface area contributed by atoms with Crippen LogP contribution in [0.2, 0.25) is 5.02 Å². The number of hydrogen-bond acceptors (Lipinski definition) is 5. The molecule has 1 N–H and O–H groups in total. The van der Waals surface area contributed by atoms with Crippen molar-refractivity contribution in [3.05, 3.63) is 95.7 Å². The molecular formula is C23H16ClN7. The lowest BCUT2D eigenvalue weighted by molar-refractivity contribution is 0.883. The van der Waals surface area contributed by atoms with Gasteiger partial charge in [-0.3, -0.25) is 9.38 Å². The Morgan fingerprint density at radius 2 is 1.87 bits per heavy atom. The number of nitriles is 1. The van der Waals surface area contributed by atoms with Gasteiger partial charge in [-0.1, -0.05) is 29.8 Å². The lowest BCUT2D eigenvalue weighted by atomic mass is 10.1. The Hall–Kier alpha value is -4.15. The molecule has 7 nitrogen and oxygen atoms in total. The number of aromatic nitrogens is 5. The standard InChI is InChI=1S/C23H16ClN7/c24-18-8-11-30-20(13-25)23(28-21(30)12-18)27-14-17-15-31(19-4-2-1-3-5-19)29-22(17)16-6-9-26-10-7-16/h1-12,15,27H,14H2. The highest BCUT2D eigenvalue weighted by Gasteiger charge is 2.16. The van der Waals surface area contributed by atoms with Crippen LogP contribution in [0.25, 0.3) is 22.6 Å². The molecule has 0 aliphatic carbocycles. The summed E-state index contributed by atoms with van der Waals surface area (Å²) in [6, 6.07) is 19.4. The van der Waals surface area contributed by atoms with Gasteiger partial charge in [-0.15, -0.1) is 0 Å². The molecule has 0 amide bonds. The third-order valence-electron chi connectivity index (χ3n) is 4.90. The van der Waals surface area contributed by atoms with Gasteiger partial charge in [-0.25, -0.2) is 9.67 Å². The van der Waals surface area contributed by atoms with Crippen LogP contribution < -0.4 is 5.32 Å². The van der Waals surface area contributed by atoms with Crippen LogP contribution in [0.3, 0.4) is 0 Å². The van der Waals surface area contributed by atoms with Crippen molar-refractivity contribution < 1.29 is 0 Å². The third-order valence-corrected chi connectivity index (χ3v) is 5.14. The number of fused-ring (bicyclic) bond motifs is 1. The van der Waals surface area contributed by atoms with Crippen molar-refractivity contribution in [2.45, 2.75) is 6.54 Å². The van der Waals surface area contributed by atoms with E-state index in [4.69, 9.17) is 16.7 Å². The smallest absolute Gasteiger partial charge is 0.168 e. The maximum absolute atomic E-state index is 9.65. The molecule has 0 aliphatic heterocycles. The number of rotatable bonds is 5. The van der Waals surface area contributed by atoms with Crippen LogP contribution in [0.1, 0.15) is 11.3 Å². The molecular weight excluding hydrogens is 410 g/mol. The van der Waals surface area contributed by atoms with Gasteiger partial charge in [0.25, 0.3) is 0 Å². The SMILES string of the molecule is N#Cc1c(NCc2cn(-c3ccccc3)nc2-c2ccncc2)nc2cc(Cl)ccn12. The first kappa shape index (κ1) is 18.9. The quantitative estimate of drug-likeness (QED) is 0.440. The Balaban J connectivity index is 1.53. The lowest BCUT2D eigenvalue weighted by Gasteiger charge is -2.04. The van der Waals surface area contributed by atoms with Crippen molar-refractivity contribution in [1.29, 1.82) is 5.26 Å². The molecule has 0 saturated heterocycles. The molecule has 4 aromatic heterocycles. The summed E-state index contributed by atoms with van der Waals surface area (Å²) < 4.78 is 3.56. The second-order valence-electron chi connectivity index (χ2n) is 6.87. The Labute approximate surface area is 183 Å². The summed E-state index contributed by atoms with van der Waals surface area (Å²) >= 11 is 6.07. The van der Waals surface area contributed by atoms with Gasteiger partial charge in [0.05, 0.1) is 11.4 Å². The highest BCUT2D eigenvalue weighted by atomic mass is 35.5. The van der Waals surface area contributed by atoms with Gasteiger partial charge in [0.15, 0.2) is 11.5 Å². The topological polar surface area (TPSA) is 83.8 Å². The van der Waals surface area contributed by atoms with Crippen molar-refractivity contribution in [3.63, 3.8) is 0 Å². The summed E-state index contributed by atoms with van der Waals surface area (Å²) in [6.45, 7) is 0.441. The zero-order valence-electron chi connectivity index (χ0n) is 16.3. The van der Waals surface area contributed by atoms with Crippen LogP contribution in [-0.2, 0) is 6.54 Å². The van der Waals surface area contributed by atoms with Crippen LogP contribution in [0.4, 0.5) is 5.82 Å². The molecule has 0 fully saturated rings. The minimum Gasteiger partial charge on any atom is -0.363 e. The van der Waals surface area contributed by atoms with Crippen molar-refractivity contribution >= 4 is 23.1 Å². The van der Waals surface area contributed by atoms with Gasteiger partial charge in [-0.05, 0) is 30.3 Å². The molecule has 5 rings (SSSR count). The van der Waals surface area contributed by atoms with Gasteiger partial charge >= 0.3 is 0 Å². The van der Waals surface area contributed by atoms with E-state index >= 15 is 0 Å². The molecule has 8 heteroatoms. The second kappa shape index (κ2) is 7.94. The summed E-state index contributed by atoms with van der Waals surface area (Å²) in [5.74, 6) is 0.498. The van der Waals surface area contributed by atoms with Crippen LogP contribution in [-0.4, -0.2) is 24.1 Å². The van der Waals surface area contributed by atoms with E-state index in [0.717, 1.165) is 22.5 Å². The van der Waals surface area contributed by atoms with E-state index in [1.165, 1.54) is 0 Å². The monoisotopic (exact) mass is 425 g/mol. The molecule has 5 aromatic rings. The number of para-hydroxylation sites is 1. The minimum atomic E-state index is 0.424. The van der Waals surface area contributed by atoms with Gasteiger partial charge in [0.2, 0.25) is 0 Å². The maximum Gasteiger partial charge on any atom is 0.168 e. The van der Waals surface area contributed by atoms with Gasteiger partial charge in [0.1, 0.15) is 11.7 Å². The van der Waals surface area contributed by atoms with Crippen molar-refractivity contribution in [2.75, 3.05) is 5.32 Å². The van der Waals surface area contributed by atoms with Crippen molar-refractivity contribution in [3.8, 4) is 23.0 Å². The number of anilines is 1. The molecule has 0 aliphatic rings. The van der Waals surface area contributed by atoms with Gasteiger partial charge in [0, 0.05) is 53.5 Å². The first-order valence-corrected chi connectivity index (χ1v) is 9.96. The lowest BCUT2D eigenvalue weighted by Crippen LogP contribution is -2.02. The Morgan fingerprint density at radius 1 is 1.06 bits per heavy atom. The average molecular weight is 426 g/mol. The third kappa shape index (κ3) is 3.61. The number of benzene rings is 1. The molecule has 0 unspecified atom stereocenters. The van der Waals surface area contributed by atoms with Crippen LogP contribution in [0.15, 0.2) is 79.4 Å². The number of pyridine rings is 2. The molecule has 0 bridgehead atoms. The highest BCUT2D eigenvalue weighted by Crippen LogP contribution is 2.25. The minimum absolute atomic E-state index is 0.424. The molecule has 0 radical (unpaired) electrons. The molecule has 150 valence electrons. The molecule has 1 aromatic carbocycles. The fourth-order valence-electron chi connectivity index (χ4n) is 3.43. The number of hydrogen-bond donors (Lipinski definition) is 1. The number of nitrogens with zero attached hydrogens (tertiary/aromatic N) is 6. The summed E-state index contributed by atoms with van der Waals surface area (Å²) in [4.78, 5) is 8.64. The Morgan fingerprint density at radius 3 is 2.65 bits per heavy atom. The van der Waals surface area contributed by atoms with Gasteiger partial charge in [-0.2, -0.15) is 10.4 Å². The van der Waals surface area contributed by atoms with Crippen molar-refractivity contribution in [2.24, 2.45) is 0 Å². The van der Waals surface area contributed by atoms with E-state index in [0.29, 0.717) is 28.7 Å². The van der Waals surface area contributed by atoms with Gasteiger partial charge < -0.3 is 5.32 Å². The fourth-order valence-corrected chi connectivity index (χ4v) is 3.59. The maximum atomic E-state index is 9.65. The summed E-state index contributed by atoms with van der Waals surface area (Å²) in [5, 5.41) is 18.3. The Kier molecular flexibility index (Phi) is 4.83. The largest absolute Gasteiger partial charge is 0.363 e. The second-order valence-corrected chi connectivity index (χ2v) is 7.30. The number of nitrogens with one attached hydrogen (secondary N) is 1. The van der Waals surface area contributed by atoms with Crippen LogP contribution >= 0.6 is 11.6 Å². The number of imidazole rings is 1. The van der Waals surface area contributed by atoms with Crippen LogP contribution in [0.5, 0.6) is 0 Å². The normalized spacial score (nSPS) is 10.8. The first-order chi connectivity index (χ1) is 15.2. The molecule has 31 heavy (non-hydrogen) atoms. The zero-order valence-corrected chi connectivity index (χ0v) is 17.0. The predicted molar refractivity (Wildman–Crippen MR) is 119 cm³/mol. The molecule has 0 spiro atoms. The number of halogens is 1. The molecule has 0 saturated carbocycles. The summed E-state index contributed by atoms with van der Waals surface area (Å²) in [7, 11) is 0. The molecule has 0 atom stereocenters. The van der Waals surface area contributed by atoms with E-state index in [-0.39, 0.29) is 0 Å². The van der Waals surface area contributed by atoms with Crippen LogP contribution in [0, 0.1) is 11.3 Å². The Bertz CT molecular complexity index is 1400. The first-order valence-electron chi connectivity index (χ1n) is 9.59. The fraction of sp³-hybridized carbons (Fsp3) is 0.0435. The zero-order chi connectivity index (χ0) is 21.2. The molecule has 4 heterocycles. The van der Waals surface area contributed by atoms with E-state index in [1.807, 2.05) is 53.3 Å². The summed E-state index contributed by atoms with van der Waals surface area (Å²) in [5.41, 5.74) is 4.76. The average Bonchev–Trinajstić information content (AvgIpc) is 3.39. The highest BCUT2D eigenvalue weighted by molar-refractivity contribution is 6.30. The van der Waals surface area contributed by atoms with E-state index in [1.54, 1.807) is 35.1 Å². The van der Waals surface area contributed by atoms with Crippen molar-refractivity contribution in [1.82, 2.24) is 24.1 Å². The predicted octanol–water partition coefficient (Wildman–Crippen LogP) is 4.72. The van der Waals surface area contributed by atoms with E-state index < -0.39 is 0 Å². The van der Waals surface area contributed by atoms with E-state index in [2.05, 4.69) is 21.4 Å². The van der Waals surface area contributed by atoms with E-state index in [9.17, 15) is 5.26 Å².